The Kier molecular flexibility index (Phi) is 7.23. The summed E-state index contributed by atoms with van der Waals surface area (Å²) in [6.07, 6.45) is 0.320. The molecule has 0 aliphatic carbocycles. The van der Waals surface area contributed by atoms with Crippen molar-refractivity contribution in [3.63, 3.8) is 0 Å². The lowest BCUT2D eigenvalue weighted by atomic mass is 10.1. The molecule has 0 heterocycles. The van der Waals surface area contributed by atoms with E-state index in [0.29, 0.717) is 13.2 Å². The lowest BCUT2D eigenvalue weighted by Crippen LogP contribution is -2.26. The fourth-order valence-corrected chi connectivity index (χ4v) is 0.933. The zero-order valence-electron chi connectivity index (χ0n) is 9.12. The summed E-state index contributed by atoms with van der Waals surface area (Å²) >= 11 is 0. The standard InChI is InChI=1S/C10H22O3/c1-5-8(3)10(11)13-7-9(4)12-6-2/h8-11H,5-7H2,1-4H3. The Morgan fingerprint density at radius 2 is 1.77 bits per heavy atom. The maximum Gasteiger partial charge on any atom is 0.157 e. The minimum atomic E-state index is -0.659. The molecule has 0 fully saturated rings. The van der Waals surface area contributed by atoms with Gasteiger partial charge < -0.3 is 14.6 Å². The number of hydrogen-bond acceptors (Lipinski definition) is 3. The van der Waals surface area contributed by atoms with E-state index in [1.165, 1.54) is 0 Å². The number of aliphatic hydroxyl groups is 1. The molecule has 0 amide bonds. The third-order valence-corrected chi connectivity index (χ3v) is 2.08. The zero-order valence-corrected chi connectivity index (χ0v) is 9.12. The molecule has 0 radical (unpaired) electrons. The average molecular weight is 190 g/mol. The van der Waals surface area contributed by atoms with Crippen LogP contribution in [0, 0.1) is 5.92 Å². The number of ether oxygens (including phenoxy) is 2. The third-order valence-electron chi connectivity index (χ3n) is 2.08. The van der Waals surface area contributed by atoms with E-state index in [2.05, 4.69) is 0 Å². The predicted molar refractivity (Wildman–Crippen MR) is 52.5 cm³/mol. The van der Waals surface area contributed by atoms with Crippen LogP contribution in [-0.2, 0) is 9.47 Å². The number of rotatable bonds is 7. The average Bonchev–Trinajstić information content (AvgIpc) is 2.13. The highest BCUT2D eigenvalue weighted by atomic mass is 16.6. The van der Waals surface area contributed by atoms with E-state index >= 15 is 0 Å². The summed E-state index contributed by atoms with van der Waals surface area (Å²) in [5.41, 5.74) is 0. The lowest BCUT2D eigenvalue weighted by molar-refractivity contribution is -0.152. The van der Waals surface area contributed by atoms with Gasteiger partial charge in [-0.1, -0.05) is 13.8 Å². The second-order valence-corrected chi connectivity index (χ2v) is 3.38. The summed E-state index contributed by atoms with van der Waals surface area (Å²) in [5, 5.41) is 9.46. The molecular formula is C10H22O3. The van der Waals surface area contributed by atoms with E-state index in [9.17, 15) is 5.11 Å². The second-order valence-electron chi connectivity index (χ2n) is 3.38. The van der Waals surface area contributed by atoms with Crippen LogP contribution in [0.4, 0.5) is 0 Å². The smallest absolute Gasteiger partial charge is 0.157 e. The Bertz CT molecular complexity index is 117. The first-order chi connectivity index (χ1) is 6.11. The zero-order chi connectivity index (χ0) is 10.3. The Labute approximate surface area is 81.0 Å². The minimum absolute atomic E-state index is 0.0590. The van der Waals surface area contributed by atoms with E-state index in [1.807, 2.05) is 27.7 Å². The molecule has 0 rings (SSSR count). The van der Waals surface area contributed by atoms with Gasteiger partial charge in [0.15, 0.2) is 6.29 Å². The Morgan fingerprint density at radius 1 is 1.15 bits per heavy atom. The van der Waals surface area contributed by atoms with Crippen molar-refractivity contribution in [1.82, 2.24) is 0 Å². The molecule has 13 heavy (non-hydrogen) atoms. The first-order valence-corrected chi connectivity index (χ1v) is 5.03. The molecule has 0 saturated carbocycles. The van der Waals surface area contributed by atoms with Gasteiger partial charge in [0, 0.05) is 12.5 Å². The topological polar surface area (TPSA) is 38.7 Å². The first-order valence-electron chi connectivity index (χ1n) is 5.03. The first kappa shape index (κ1) is 12.9. The van der Waals surface area contributed by atoms with Crippen molar-refractivity contribution in [1.29, 1.82) is 0 Å². The largest absolute Gasteiger partial charge is 0.376 e. The van der Waals surface area contributed by atoms with Gasteiger partial charge in [-0.05, 0) is 20.3 Å². The van der Waals surface area contributed by atoms with Gasteiger partial charge in [0.25, 0.3) is 0 Å². The Morgan fingerprint density at radius 3 is 2.23 bits per heavy atom. The van der Waals surface area contributed by atoms with Gasteiger partial charge in [0.2, 0.25) is 0 Å². The van der Waals surface area contributed by atoms with Crippen LogP contribution in [0.25, 0.3) is 0 Å². The highest BCUT2D eigenvalue weighted by Crippen LogP contribution is 2.09. The summed E-state index contributed by atoms with van der Waals surface area (Å²) < 4.78 is 10.5. The predicted octanol–water partition coefficient (Wildman–Crippen LogP) is 1.79. The molecule has 0 aromatic heterocycles. The van der Waals surface area contributed by atoms with Crippen LogP contribution in [0.2, 0.25) is 0 Å². The fourth-order valence-electron chi connectivity index (χ4n) is 0.933. The summed E-state index contributed by atoms with van der Waals surface area (Å²) in [6, 6.07) is 0. The molecule has 0 aliphatic heterocycles. The molecular weight excluding hydrogens is 168 g/mol. The Balaban J connectivity index is 3.50. The minimum Gasteiger partial charge on any atom is -0.376 e. The van der Waals surface area contributed by atoms with Crippen LogP contribution in [0.5, 0.6) is 0 Å². The summed E-state index contributed by atoms with van der Waals surface area (Å²) in [7, 11) is 0. The molecule has 0 saturated heterocycles. The molecule has 80 valence electrons. The van der Waals surface area contributed by atoms with Crippen LogP contribution in [0.3, 0.4) is 0 Å². The van der Waals surface area contributed by atoms with Crippen LogP contribution < -0.4 is 0 Å². The van der Waals surface area contributed by atoms with Crippen molar-refractivity contribution < 1.29 is 14.6 Å². The maximum atomic E-state index is 9.46. The van der Waals surface area contributed by atoms with Crippen molar-refractivity contribution >= 4 is 0 Å². The lowest BCUT2D eigenvalue weighted by Gasteiger charge is -2.20. The van der Waals surface area contributed by atoms with Gasteiger partial charge >= 0.3 is 0 Å². The van der Waals surface area contributed by atoms with Crippen molar-refractivity contribution in [3.8, 4) is 0 Å². The van der Waals surface area contributed by atoms with Gasteiger partial charge in [-0.3, -0.25) is 0 Å². The van der Waals surface area contributed by atoms with Crippen LogP contribution in [-0.4, -0.2) is 30.7 Å². The molecule has 0 aromatic carbocycles. The van der Waals surface area contributed by atoms with E-state index in [4.69, 9.17) is 9.47 Å². The highest BCUT2D eigenvalue weighted by molar-refractivity contribution is 4.54. The van der Waals surface area contributed by atoms with Gasteiger partial charge in [-0.15, -0.1) is 0 Å². The van der Waals surface area contributed by atoms with E-state index < -0.39 is 6.29 Å². The monoisotopic (exact) mass is 190 g/mol. The molecule has 3 heteroatoms. The molecule has 0 aliphatic rings. The van der Waals surface area contributed by atoms with Crippen molar-refractivity contribution in [2.75, 3.05) is 13.2 Å². The van der Waals surface area contributed by atoms with Crippen molar-refractivity contribution in [3.05, 3.63) is 0 Å². The van der Waals surface area contributed by atoms with Crippen LogP contribution >= 0.6 is 0 Å². The number of hydrogen-bond donors (Lipinski definition) is 1. The van der Waals surface area contributed by atoms with Crippen molar-refractivity contribution in [2.45, 2.75) is 46.5 Å². The summed E-state index contributed by atoms with van der Waals surface area (Å²) in [5.74, 6) is 0.189. The van der Waals surface area contributed by atoms with Crippen molar-refractivity contribution in [2.24, 2.45) is 5.92 Å². The molecule has 0 bridgehead atoms. The molecule has 0 spiro atoms. The quantitative estimate of drug-likeness (QED) is 0.622. The number of aliphatic hydroxyl groups excluding tert-OH is 1. The van der Waals surface area contributed by atoms with Gasteiger partial charge in [-0.25, -0.2) is 0 Å². The summed E-state index contributed by atoms with van der Waals surface area (Å²) in [4.78, 5) is 0. The molecule has 3 unspecified atom stereocenters. The van der Waals surface area contributed by atoms with Crippen LogP contribution in [0.15, 0.2) is 0 Å². The van der Waals surface area contributed by atoms with Gasteiger partial charge in [0.05, 0.1) is 12.7 Å². The van der Waals surface area contributed by atoms with Crippen LogP contribution in [0.1, 0.15) is 34.1 Å². The molecule has 3 atom stereocenters. The Hall–Kier alpha value is -0.120. The van der Waals surface area contributed by atoms with Gasteiger partial charge in [0.1, 0.15) is 0 Å². The molecule has 3 nitrogen and oxygen atoms in total. The van der Waals surface area contributed by atoms with E-state index in [-0.39, 0.29) is 12.0 Å². The summed E-state index contributed by atoms with van der Waals surface area (Å²) in [6.45, 7) is 9.02. The van der Waals surface area contributed by atoms with Gasteiger partial charge in [-0.2, -0.15) is 0 Å². The maximum absolute atomic E-state index is 9.46. The normalized spacial score (nSPS) is 18.2. The molecule has 0 aromatic rings. The second kappa shape index (κ2) is 7.30. The highest BCUT2D eigenvalue weighted by Gasteiger charge is 2.13. The van der Waals surface area contributed by atoms with E-state index in [0.717, 1.165) is 6.42 Å². The van der Waals surface area contributed by atoms with E-state index in [1.54, 1.807) is 0 Å². The fraction of sp³-hybridized carbons (Fsp3) is 1.00. The SMILES string of the molecule is CCOC(C)COC(O)C(C)CC. The third kappa shape index (κ3) is 6.02. The molecule has 1 N–H and O–H groups in total.